The van der Waals surface area contributed by atoms with Crippen LogP contribution in [-0.2, 0) is 0 Å². The number of halogens is 1. The number of nitrogens with two attached hydrogens (primary N) is 1. The third kappa shape index (κ3) is 1.94. The van der Waals surface area contributed by atoms with Gasteiger partial charge in [-0.3, -0.25) is 0 Å². The van der Waals surface area contributed by atoms with Gasteiger partial charge in [0.25, 0.3) is 0 Å². The summed E-state index contributed by atoms with van der Waals surface area (Å²) < 4.78 is 15.8. The highest BCUT2D eigenvalue weighted by molar-refractivity contribution is 5.76. The summed E-state index contributed by atoms with van der Waals surface area (Å²) in [6.45, 7) is 0. The van der Waals surface area contributed by atoms with Crippen LogP contribution < -0.4 is 5.73 Å². The second-order valence-corrected chi connectivity index (χ2v) is 6.26. The third-order valence-corrected chi connectivity index (χ3v) is 4.74. The summed E-state index contributed by atoms with van der Waals surface area (Å²) in [7, 11) is 0. The van der Waals surface area contributed by atoms with Crippen LogP contribution in [0.25, 0.3) is 11.0 Å². The van der Waals surface area contributed by atoms with Crippen molar-refractivity contribution in [2.24, 2.45) is 5.73 Å². The molecule has 0 bridgehead atoms. The molecule has 0 radical (unpaired) electrons. The van der Waals surface area contributed by atoms with E-state index in [0.29, 0.717) is 12.0 Å². The van der Waals surface area contributed by atoms with E-state index in [-0.39, 0.29) is 11.9 Å². The van der Waals surface area contributed by atoms with E-state index in [1.54, 1.807) is 12.1 Å². The minimum Gasteiger partial charge on any atom is -0.327 e. The Bertz CT molecular complexity index is 644. The van der Waals surface area contributed by atoms with Crippen LogP contribution in [0.15, 0.2) is 18.2 Å². The van der Waals surface area contributed by atoms with Crippen molar-refractivity contribution in [1.82, 2.24) is 9.55 Å². The predicted octanol–water partition coefficient (Wildman–Crippen LogP) is 3.50. The SMILES string of the molecule is NC1CCCCC1c1nc2ccc(F)cc2n1C1CC1. The van der Waals surface area contributed by atoms with Crippen LogP contribution >= 0.6 is 0 Å². The lowest BCUT2D eigenvalue weighted by Gasteiger charge is -2.28. The van der Waals surface area contributed by atoms with E-state index in [9.17, 15) is 4.39 Å². The van der Waals surface area contributed by atoms with E-state index in [2.05, 4.69) is 4.57 Å². The van der Waals surface area contributed by atoms with E-state index >= 15 is 0 Å². The average Bonchev–Trinajstić information content (AvgIpc) is 3.20. The smallest absolute Gasteiger partial charge is 0.125 e. The molecule has 0 spiro atoms. The minimum atomic E-state index is -0.182. The third-order valence-electron chi connectivity index (χ3n) is 4.74. The molecule has 2 aliphatic carbocycles. The van der Waals surface area contributed by atoms with Crippen LogP contribution in [0.4, 0.5) is 4.39 Å². The molecule has 2 aliphatic rings. The molecule has 2 fully saturated rings. The molecule has 20 heavy (non-hydrogen) atoms. The first-order valence-electron chi connectivity index (χ1n) is 7.67. The van der Waals surface area contributed by atoms with Crippen molar-refractivity contribution >= 4 is 11.0 Å². The molecule has 3 nitrogen and oxygen atoms in total. The normalized spacial score (nSPS) is 27.1. The van der Waals surface area contributed by atoms with Crippen LogP contribution in [0.2, 0.25) is 0 Å². The van der Waals surface area contributed by atoms with Crippen LogP contribution in [0.1, 0.15) is 56.3 Å². The van der Waals surface area contributed by atoms with Crippen molar-refractivity contribution < 1.29 is 4.39 Å². The standard InChI is InChI=1S/C16H20FN3/c17-10-5-8-14-15(9-10)20(11-6-7-11)16(19-14)12-3-1-2-4-13(12)18/h5,8-9,11-13H,1-4,6-7,18H2. The van der Waals surface area contributed by atoms with Crippen LogP contribution in [-0.4, -0.2) is 15.6 Å². The van der Waals surface area contributed by atoms with Gasteiger partial charge in [0.2, 0.25) is 0 Å². The largest absolute Gasteiger partial charge is 0.327 e. The summed E-state index contributed by atoms with van der Waals surface area (Å²) in [6.07, 6.45) is 6.98. The molecule has 0 saturated heterocycles. The Labute approximate surface area is 118 Å². The molecule has 2 saturated carbocycles. The maximum atomic E-state index is 13.6. The second-order valence-electron chi connectivity index (χ2n) is 6.26. The van der Waals surface area contributed by atoms with Crippen molar-refractivity contribution in [1.29, 1.82) is 0 Å². The van der Waals surface area contributed by atoms with Crippen LogP contribution in [0.3, 0.4) is 0 Å². The average molecular weight is 273 g/mol. The molecule has 1 aromatic carbocycles. The summed E-state index contributed by atoms with van der Waals surface area (Å²) >= 11 is 0. The fourth-order valence-corrected chi connectivity index (χ4v) is 3.54. The molecule has 4 heteroatoms. The zero-order valence-electron chi connectivity index (χ0n) is 11.6. The van der Waals surface area contributed by atoms with Crippen molar-refractivity contribution in [3.63, 3.8) is 0 Å². The molecule has 2 N–H and O–H groups in total. The fraction of sp³-hybridized carbons (Fsp3) is 0.562. The Morgan fingerprint density at radius 2 is 1.95 bits per heavy atom. The van der Waals surface area contributed by atoms with E-state index in [1.807, 2.05) is 0 Å². The molecular formula is C16H20FN3. The highest BCUT2D eigenvalue weighted by atomic mass is 19.1. The van der Waals surface area contributed by atoms with Gasteiger partial charge in [-0.1, -0.05) is 12.8 Å². The lowest BCUT2D eigenvalue weighted by atomic mass is 9.84. The molecule has 106 valence electrons. The molecule has 2 aromatic rings. The summed E-state index contributed by atoms with van der Waals surface area (Å²) in [5, 5.41) is 0. The summed E-state index contributed by atoms with van der Waals surface area (Å²) in [6, 6.07) is 5.62. The summed E-state index contributed by atoms with van der Waals surface area (Å²) in [4.78, 5) is 4.81. The Hall–Kier alpha value is -1.42. The van der Waals surface area contributed by atoms with Crippen molar-refractivity contribution in [2.75, 3.05) is 0 Å². The highest BCUT2D eigenvalue weighted by Gasteiger charge is 2.34. The fourth-order valence-electron chi connectivity index (χ4n) is 3.54. The van der Waals surface area contributed by atoms with E-state index in [4.69, 9.17) is 10.7 Å². The van der Waals surface area contributed by atoms with Gasteiger partial charge in [0, 0.05) is 18.0 Å². The first-order chi connectivity index (χ1) is 9.74. The molecule has 1 heterocycles. The Morgan fingerprint density at radius 3 is 2.70 bits per heavy atom. The Morgan fingerprint density at radius 1 is 1.15 bits per heavy atom. The zero-order chi connectivity index (χ0) is 13.7. The van der Waals surface area contributed by atoms with Crippen LogP contribution in [0.5, 0.6) is 0 Å². The number of imidazole rings is 1. The van der Waals surface area contributed by atoms with Gasteiger partial charge in [-0.05, 0) is 43.9 Å². The molecule has 0 amide bonds. The molecular weight excluding hydrogens is 253 g/mol. The van der Waals surface area contributed by atoms with Crippen molar-refractivity contribution in [3.8, 4) is 0 Å². The van der Waals surface area contributed by atoms with E-state index in [0.717, 1.165) is 29.7 Å². The van der Waals surface area contributed by atoms with Gasteiger partial charge in [-0.2, -0.15) is 0 Å². The molecule has 0 aliphatic heterocycles. The lowest BCUT2D eigenvalue weighted by Crippen LogP contribution is -2.33. The maximum absolute atomic E-state index is 13.6. The van der Waals surface area contributed by atoms with Gasteiger partial charge < -0.3 is 10.3 Å². The first-order valence-corrected chi connectivity index (χ1v) is 7.67. The zero-order valence-corrected chi connectivity index (χ0v) is 11.6. The van der Waals surface area contributed by atoms with Crippen molar-refractivity contribution in [2.45, 2.75) is 56.5 Å². The van der Waals surface area contributed by atoms with Crippen LogP contribution in [0, 0.1) is 5.82 Å². The number of hydrogen-bond donors (Lipinski definition) is 1. The number of aromatic nitrogens is 2. The maximum Gasteiger partial charge on any atom is 0.125 e. The second kappa shape index (κ2) is 4.55. The summed E-state index contributed by atoms with van der Waals surface area (Å²) in [5.41, 5.74) is 8.18. The topological polar surface area (TPSA) is 43.8 Å². The molecule has 2 atom stereocenters. The Balaban J connectivity index is 1.87. The molecule has 2 unspecified atom stereocenters. The van der Waals surface area contributed by atoms with Crippen molar-refractivity contribution in [3.05, 3.63) is 29.8 Å². The minimum absolute atomic E-state index is 0.182. The summed E-state index contributed by atoms with van der Waals surface area (Å²) in [5.74, 6) is 1.25. The number of hydrogen-bond acceptors (Lipinski definition) is 2. The Kier molecular flexibility index (Phi) is 2.81. The van der Waals surface area contributed by atoms with E-state index in [1.165, 1.54) is 31.7 Å². The van der Waals surface area contributed by atoms with Gasteiger partial charge in [0.1, 0.15) is 11.6 Å². The highest BCUT2D eigenvalue weighted by Crippen LogP contribution is 2.42. The molecule has 4 rings (SSSR count). The first kappa shape index (κ1) is 12.3. The number of nitrogens with zero attached hydrogens (tertiary/aromatic N) is 2. The van der Waals surface area contributed by atoms with Gasteiger partial charge >= 0.3 is 0 Å². The monoisotopic (exact) mass is 273 g/mol. The lowest BCUT2D eigenvalue weighted by molar-refractivity contribution is 0.365. The van der Waals surface area contributed by atoms with Gasteiger partial charge in [-0.25, -0.2) is 9.37 Å². The van der Waals surface area contributed by atoms with Gasteiger partial charge in [-0.15, -0.1) is 0 Å². The predicted molar refractivity (Wildman–Crippen MR) is 77.1 cm³/mol. The van der Waals surface area contributed by atoms with Gasteiger partial charge in [0.05, 0.1) is 11.0 Å². The number of rotatable bonds is 2. The quantitative estimate of drug-likeness (QED) is 0.910. The number of benzene rings is 1. The van der Waals surface area contributed by atoms with Gasteiger partial charge in [0.15, 0.2) is 0 Å². The number of fused-ring (bicyclic) bond motifs is 1. The van der Waals surface area contributed by atoms with E-state index < -0.39 is 0 Å². The molecule has 1 aromatic heterocycles.